The quantitative estimate of drug-likeness (QED) is 0.443. The van der Waals surface area contributed by atoms with Crippen LogP contribution < -0.4 is 10.2 Å². The number of hydrogen-bond acceptors (Lipinski definition) is 5. The Bertz CT molecular complexity index is 910. The summed E-state index contributed by atoms with van der Waals surface area (Å²) >= 11 is 0. The lowest BCUT2D eigenvalue weighted by molar-refractivity contribution is -0.149. The normalized spacial score (nSPS) is 22.1. The Morgan fingerprint density at radius 2 is 1.62 bits per heavy atom. The van der Waals surface area contributed by atoms with Gasteiger partial charge in [0.05, 0.1) is 11.4 Å². The van der Waals surface area contributed by atoms with Crippen LogP contribution in [0.15, 0.2) is 24.3 Å². The summed E-state index contributed by atoms with van der Waals surface area (Å²) in [5.74, 6) is -4.14. The van der Waals surface area contributed by atoms with Crippen LogP contribution in [-0.2, 0) is 19.2 Å². The van der Waals surface area contributed by atoms with Crippen LogP contribution in [0.3, 0.4) is 0 Å². The number of para-hydroxylation sites is 2. The van der Waals surface area contributed by atoms with Crippen LogP contribution in [0.4, 0.5) is 11.4 Å². The van der Waals surface area contributed by atoms with Crippen molar-refractivity contribution in [3.05, 3.63) is 24.3 Å². The van der Waals surface area contributed by atoms with E-state index in [1.54, 1.807) is 12.1 Å². The number of benzene rings is 1. The lowest BCUT2D eigenvalue weighted by Crippen LogP contribution is -2.51. The summed E-state index contributed by atoms with van der Waals surface area (Å²) in [6, 6.07) is 6.35. The number of nitrogens with zero attached hydrogens (tertiary/aromatic N) is 2. The zero-order chi connectivity index (χ0) is 24.8. The fraction of sp³-hybridized carbons (Fsp3) is 0.600. The van der Waals surface area contributed by atoms with Crippen LogP contribution in [0.1, 0.15) is 58.8 Å². The van der Waals surface area contributed by atoms with E-state index in [0.717, 1.165) is 31.8 Å². The van der Waals surface area contributed by atoms with E-state index in [4.69, 9.17) is 5.11 Å². The molecule has 3 rings (SSSR count). The van der Waals surface area contributed by atoms with Gasteiger partial charge < -0.3 is 20.4 Å². The lowest BCUT2D eigenvalue weighted by atomic mass is 9.89. The van der Waals surface area contributed by atoms with Gasteiger partial charge in [-0.15, -0.1) is 0 Å². The van der Waals surface area contributed by atoms with Crippen molar-refractivity contribution in [3.63, 3.8) is 0 Å². The van der Waals surface area contributed by atoms with Crippen LogP contribution in [-0.4, -0.2) is 64.0 Å². The number of amides is 2. The molecule has 1 saturated heterocycles. The van der Waals surface area contributed by atoms with Gasteiger partial charge >= 0.3 is 23.8 Å². The molecule has 1 heterocycles. The molecule has 1 unspecified atom stereocenters. The maximum absolute atomic E-state index is 12.7. The number of carboxylic acid groups (broad SMARTS) is 2. The smallest absolute Gasteiger partial charge is 0.394 e. The van der Waals surface area contributed by atoms with E-state index < -0.39 is 23.8 Å². The second-order valence-electron chi connectivity index (χ2n) is 9.69. The topological polar surface area (TPSA) is 127 Å². The van der Waals surface area contributed by atoms with E-state index in [2.05, 4.69) is 24.1 Å². The van der Waals surface area contributed by atoms with E-state index in [1.165, 1.54) is 36.3 Å². The van der Waals surface area contributed by atoms with Gasteiger partial charge in [-0.2, -0.15) is 0 Å². The molecule has 2 amide bonds. The van der Waals surface area contributed by atoms with Gasteiger partial charge in [-0.1, -0.05) is 38.8 Å². The first-order valence-corrected chi connectivity index (χ1v) is 12.1. The first-order valence-electron chi connectivity index (χ1n) is 12.1. The number of likely N-dealkylation sites (tertiary alicyclic amines) is 1. The molecule has 1 aromatic carbocycles. The molecule has 9 heteroatoms. The number of nitrogens with one attached hydrogen (secondary N) is 1. The molecule has 34 heavy (non-hydrogen) atoms. The molecule has 3 N–H and O–H groups in total. The Morgan fingerprint density at radius 3 is 2.24 bits per heavy atom. The number of rotatable bonds is 5. The average molecular weight is 474 g/mol. The number of carbonyl (C=O) groups excluding carboxylic acids is 2. The number of piperidine rings is 1. The van der Waals surface area contributed by atoms with Crippen LogP contribution >= 0.6 is 0 Å². The largest absolute Gasteiger partial charge is 0.474 e. The van der Waals surface area contributed by atoms with Crippen LogP contribution in [0.2, 0.25) is 0 Å². The van der Waals surface area contributed by atoms with E-state index >= 15 is 0 Å². The zero-order valence-corrected chi connectivity index (χ0v) is 19.9. The molecule has 1 aliphatic carbocycles. The SMILES string of the molecule is CC(C)C1CCC[C@@H](N2CCC(N(C(=O)C(=O)O)c3ccccc3NC(=O)C(=O)O)CC2)CC1. The summed E-state index contributed by atoms with van der Waals surface area (Å²) in [5, 5.41) is 20.7. The number of carbonyl (C=O) groups is 4. The van der Waals surface area contributed by atoms with E-state index in [-0.39, 0.29) is 17.4 Å². The number of anilines is 2. The summed E-state index contributed by atoms with van der Waals surface area (Å²) in [7, 11) is 0. The Morgan fingerprint density at radius 1 is 0.941 bits per heavy atom. The van der Waals surface area contributed by atoms with Crippen molar-refractivity contribution in [2.24, 2.45) is 11.8 Å². The molecule has 2 atom stereocenters. The fourth-order valence-electron chi connectivity index (χ4n) is 5.39. The Kier molecular flexibility index (Phi) is 8.66. The summed E-state index contributed by atoms with van der Waals surface area (Å²) in [5.41, 5.74) is 0.285. The maximum atomic E-state index is 12.7. The first-order chi connectivity index (χ1) is 16.2. The monoisotopic (exact) mass is 473 g/mol. The number of carboxylic acids is 2. The van der Waals surface area contributed by atoms with Gasteiger partial charge in [0.2, 0.25) is 0 Å². The molecule has 0 radical (unpaired) electrons. The van der Waals surface area contributed by atoms with Gasteiger partial charge in [0.1, 0.15) is 0 Å². The van der Waals surface area contributed by atoms with Gasteiger partial charge in [-0.3, -0.25) is 14.5 Å². The van der Waals surface area contributed by atoms with Crippen LogP contribution in [0, 0.1) is 11.8 Å². The summed E-state index contributed by atoms with van der Waals surface area (Å²) in [6.45, 7) is 6.10. The average Bonchev–Trinajstić information content (AvgIpc) is 3.07. The van der Waals surface area contributed by atoms with E-state index in [9.17, 15) is 24.3 Å². The molecular formula is C25H35N3O6. The Balaban J connectivity index is 1.75. The third-order valence-electron chi connectivity index (χ3n) is 7.31. The zero-order valence-electron chi connectivity index (χ0n) is 19.9. The first kappa shape index (κ1) is 25.7. The van der Waals surface area contributed by atoms with Gasteiger partial charge in [-0.25, -0.2) is 9.59 Å². The van der Waals surface area contributed by atoms with E-state index in [1.807, 2.05) is 0 Å². The van der Waals surface area contributed by atoms with Crippen molar-refractivity contribution in [1.29, 1.82) is 0 Å². The third-order valence-corrected chi connectivity index (χ3v) is 7.31. The highest BCUT2D eigenvalue weighted by molar-refractivity contribution is 6.39. The molecule has 9 nitrogen and oxygen atoms in total. The van der Waals surface area contributed by atoms with Crippen LogP contribution in [0.25, 0.3) is 0 Å². The minimum Gasteiger partial charge on any atom is -0.474 e. The predicted molar refractivity (Wildman–Crippen MR) is 128 cm³/mol. The highest BCUT2D eigenvalue weighted by Gasteiger charge is 2.36. The number of aliphatic carboxylic acids is 2. The molecule has 2 aliphatic rings. The molecule has 0 bridgehead atoms. The molecule has 0 aromatic heterocycles. The number of hydrogen-bond donors (Lipinski definition) is 3. The second-order valence-corrected chi connectivity index (χ2v) is 9.69. The standard InChI is InChI=1S/C25H35N3O6/c1-16(2)17-6-5-7-18(11-10-17)27-14-12-19(13-15-27)28(23(30)25(33)34)21-9-4-3-8-20(21)26-22(29)24(31)32/h3-4,8-9,16-19H,5-7,10-15H2,1-2H3,(H,26,29)(H,31,32)(H,33,34)/t17?,18-/m1/s1. The molecular weight excluding hydrogens is 438 g/mol. The van der Waals surface area contributed by atoms with Crippen molar-refractivity contribution in [2.75, 3.05) is 23.3 Å². The molecule has 1 aliphatic heterocycles. The maximum Gasteiger partial charge on any atom is 0.394 e. The minimum atomic E-state index is -1.66. The summed E-state index contributed by atoms with van der Waals surface area (Å²) < 4.78 is 0. The van der Waals surface area contributed by atoms with Crippen molar-refractivity contribution in [1.82, 2.24) is 4.90 Å². The summed E-state index contributed by atoms with van der Waals surface area (Å²) in [4.78, 5) is 50.8. The Labute approximate surface area is 200 Å². The highest BCUT2D eigenvalue weighted by Crippen LogP contribution is 2.34. The lowest BCUT2D eigenvalue weighted by Gasteiger charge is -2.41. The molecule has 186 valence electrons. The van der Waals surface area contributed by atoms with Gasteiger partial charge in [0.25, 0.3) is 0 Å². The third kappa shape index (κ3) is 6.14. The molecule has 0 spiro atoms. The minimum absolute atomic E-state index is 0.0930. The van der Waals surface area contributed by atoms with Crippen molar-refractivity contribution < 1.29 is 29.4 Å². The Hall–Kier alpha value is -2.94. The van der Waals surface area contributed by atoms with E-state index in [0.29, 0.717) is 24.8 Å². The summed E-state index contributed by atoms with van der Waals surface area (Å²) in [6.07, 6.45) is 7.24. The van der Waals surface area contributed by atoms with Crippen molar-refractivity contribution >= 4 is 35.1 Å². The van der Waals surface area contributed by atoms with Gasteiger partial charge in [0.15, 0.2) is 0 Å². The van der Waals surface area contributed by atoms with Crippen molar-refractivity contribution in [2.45, 2.75) is 70.9 Å². The fourth-order valence-corrected chi connectivity index (χ4v) is 5.39. The highest BCUT2D eigenvalue weighted by atomic mass is 16.4. The second kappa shape index (κ2) is 11.5. The molecule has 1 aromatic rings. The van der Waals surface area contributed by atoms with Gasteiger partial charge in [-0.05, 0) is 56.1 Å². The van der Waals surface area contributed by atoms with Crippen molar-refractivity contribution in [3.8, 4) is 0 Å². The molecule has 2 fully saturated rings. The predicted octanol–water partition coefficient (Wildman–Crippen LogP) is 3.20. The van der Waals surface area contributed by atoms with Crippen LogP contribution in [0.5, 0.6) is 0 Å². The molecule has 1 saturated carbocycles. The van der Waals surface area contributed by atoms with Gasteiger partial charge in [0, 0.05) is 25.2 Å².